The number of aromatic nitrogens is 3. The molecule has 1 aromatic heterocycles. The van der Waals surface area contributed by atoms with Gasteiger partial charge in [0, 0.05) is 6.20 Å². The Hall–Kier alpha value is -2.62. The van der Waals surface area contributed by atoms with Gasteiger partial charge in [-0.15, -0.1) is 5.10 Å². The minimum atomic E-state index is 0.345. The molecule has 1 heterocycles. The zero-order valence-corrected chi connectivity index (χ0v) is 12.6. The molecular weight excluding hydrogens is 274 g/mol. The smallest absolute Gasteiger partial charge is 0.118 e. The van der Waals surface area contributed by atoms with Gasteiger partial charge in [-0.1, -0.05) is 47.7 Å². The van der Waals surface area contributed by atoms with Gasteiger partial charge >= 0.3 is 0 Å². The third kappa shape index (κ3) is 3.52. The first kappa shape index (κ1) is 14.3. The predicted molar refractivity (Wildman–Crippen MR) is 85.8 cm³/mol. The van der Waals surface area contributed by atoms with Crippen LogP contribution in [0.2, 0.25) is 0 Å². The largest absolute Gasteiger partial charge is 0.508 e. The molecule has 4 heteroatoms. The number of phenolic OH excluding ortho intramolecular Hbond substituents is 1. The Balaban J connectivity index is 1.61. The number of hydrogen-bond acceptors (Lipinski definition) is 3. The van der Waals surface area contributed by atoms with Crippen molar-refractivity contribution in [2.75, 3.05) is 0 Å². The normalized spacial score (nSPS) is 10.8. The molecular formula is C18H19N3O. The van der Waals surface area contributed by atoms with E-state index in [1.165, 1.54) is 11.1 Å². The van der Waals surface area contributed by atoms with E-state index in [1.54, 1.807) is 6.07 Å². The molecule has 22 heavy (non-hydrogen) atoms. The minimum Gasteiger partial charge on any atom is -0.508 e. The molecule has 2 aromatic carbocycles. The maximum atomic E-state index is 9.55. The van der Waals surface area contributed by atoms with Crippen molar-refractivity contribution in [3.8, 4) is 5.75 Å². The van der Waals surface area contributed by atoms with Crippen molar-refractivity contribution in [2.45, 2.75) is 26.3 Å². The van der Waals surface area contributed by atoms with E-state index in [0.29, 0.717) is 5.75 Å². The third-order valence-electron chi connectivity index (χ3n) is 3.70. The second-order valence-electron chi connectivity index (χ2n) is 5.51. The quantitative estimate of drug-likeness (QED) is 0.786. The van der Waals surface area contributed by atoms with Crippen LogP contribution in [-0.4, -0.2) is 20.1 Å². The summed E-state index contributed by atoms with van der Waals surface area (Å²) in [5, 5.41) is 18.0. The van der Waals surface area contributed by atoms with E-state index in [2.05, 4.69) is 22.4 Å². The summed E-state index contributed by atoms with van der Waals surface area (Å²) in [5.74, 6) is 0.345. The summed E-state index contributed by atoms with van der Waals surface area (Å²) in [6.07, 6.45) is 3.74. The highest BCUT2D eigenvalue weighted by Crippen LogP contribution is 2.18. The standard InChI is InChI=1S/C18H19N3O/c1-14-11-15(8-10-18(14)22)7-9-17-13-21(20-19-17)12-16-5-3-2-4-6-16/h2-6,8,10-11,13,22H,7,9,12H2,1H3. The average molecular weight is 293 g/mol. The Morgan fingerprint density at radius 3 is 2.59 bits per heavy atom. The fourth-order valence-corrected chi connectivity index (χ4v) is 2.45. The first-order valence-electron chi connectivity index (χ1n) is 7.42. The second kappa shape index (κ2) is 6.43. The third-order valence-corrected chi connectivity index (χ3v) is 3.70. The highest BCUT2D eigenvalue weighted by atomic mass is 16.3. The fourth-order valence-electron chi connectivity index (χ4n) is 2.45. The number of nitrogens with zero attached hydrogens (tertiary/aromatic N) is 3. The van der Waals surface area contributed by atoms with Gasteiger partial charge in [0.2, 0.25) is 0 Å². The molecule has 0 spiro atoms. The van der Waals surface area contributed by atoms with Gasteiger partial charge in [0.05, 0.1) is 12.2 Å². The van der Waals surface area contributed by atoms with E-state index in [9.17, 15) is 5.11 Å². The predicted octanol–water partition coefficient (Wildman–Crippen LogP) is 3.13. The lowest BCUT2D eigenvalue weighted by Crippen LogP contribution is -1.99. The first-order chi connectivity index (χ1) is 10.7. The highest BCUT2D eigenvalue weighted by molar-refractivity contribution is 5.35. The Kier molecular flexibility index (Phi) is 4.19. The van der Waals surface area contributed by atoms with Crippen molar-refractivity contribution in [2.24, 2.45) is 0 Å². The zero-order chi connectivity index (χ0) is 15.4. The van der Waals surface area contributed by atoms with Crippen LogP contribution < -0.4 is 0 Å². The number of aromatic hydroxyl groups is 1. The van der Waals surface area contributed by atoms with Gasteiger partial charge in [-0.25, -0.2) is 4.68 Å². The molecule has 3 rings (SSSR count). The van der Waals surface area contributed by atoms with Gasteiger partial charge in [0.1, 0.15) is 5.75 Å². The van der Waals surface area contributed by atoms with Gasteiger partial charge in [-0.2, -0.15) is 0 Å². The lowest BCUT2D eigenvalue weighted by atomic mass is 10.1. The van der Waals surface area contributed by atoms with Crippen LogP contribution in [-0.2, 0) is 19.4 Å². The number of benzene rings is 2. The molecule has 0 radical (unpaired) electrons. The minimum absolute atomic E-state index is 0.345. The molecule has 0 fully saturated rings. The maximum Gasteiger partial charge on any atom is 0.118 e. The summed E-state index contributed by atoms with van der Waals surface area (Å²) in [7, 11) is 0. The summed E-state index contributed by atoms with van der Waals surface area (Å²) in [6, 6.07) is 16.0. The van der Waals surface area contributed by atoms with Gasteiger partial charge in [0.25, 0.3) is 0 Å². The molecule has 112 valence electrons. The van der Waals surface area contributed by atoms with Crippen LogP contribution in [0, 0.1) is 6.92 Å². The van der Waals surface area contributed by atoms with Crippen LogP contribution in [0.25, 0.3) is 0 Å². The van der Waals surface area contributed by atoms with E-state index in [-0.39, 0.29) is 0 Å². The molecule has 3 aromatic rings. The highest BCUT2D eigenvalue weighted by Gasteiger charge is 2.04. The number of phenols is 1. The molecule has 0 saturated carbocycles. The van der Waals surface area contributed by atoms with Crippen molar-refractivity contribution >= 4 is 0 Å². The van der Waals surface area contributed by atoms with Crippen LogP contribution in [0.5, 0.6) is 5.75 Å². The van der Waals surface area contributed by atoms with Gasteiger partial charge in [-0.05, 0) is 42.5 Å². The fraction of sp³-hybridized carbons (Fsp3) is 0.222. The van der Waals surface area contributed by atoms with Crippen molar-refractivity contribution in [1.82, 2.24) is 15.0 Å². The van der Waals surface area contributed by atoms with E-state index < -0.39 is 0 Å². The Bertz CT molecular complexity index is 750. The molecule has 4 nitrogen and oxygen atoms in total. The molecule has 0 atom stereocenters. The van der Waals surface area contributed by atoms with Gasteiger partial charge < -0.3 is 5.11 Å². The topological polar surface area (TPSA) is 50.9 Å². The lowest BCUT2D eigenvalue weighted by Gasteiger charge is -2.03. The summed E-state index contributed by atoms with van der Waals surface area (Å²) in [4.78, 5) is 0. The Labute approximate surface area is 130 Å². The second-order valence-corrected chi connectivity index (χ2v) is 5.51. The molecule has 0 bridgehead atoms. The van der Waals surface area contributed by atoms with Crippen molar-refractivity contribution in [3.63, 3.8) is 0 Å². The van der Waals surface area contributed by atoms with Crippen molar-refractivity contribution < 1.29 is 5.11 Å². The van der Waals surface area contributed by atoms with Crippen LogP contribution in [0.3, 0.4) is 0 Å². The SMILES string of the molecule is Cc1cc(CCc2cn(Cc3ccccc3)nn2)ccc1O. The van der Waals surface area contributed by atoms with Gasteiger partial charge in [-0.3, -0.25) is 0 Å². The van der Waals surface area contributed by atoms with E-state index in [0.717, 1.165) is 30.6 Å². The van der Waals surface area contributed by atoms with Crippen molar-refractivity contribution in [1.29, 1.82) is 0 Å². The van der Waals surface area contributed by atoms with Crippen LogP contribution in [0.15, 0.2) is 54.7 Å². The molecule has 0 amide bonds. The van der Waals surface area contributed by atoms with Gasteiger partial charge in [0.15, 0.2) is 0 Å². The monoisotopic (exact) mass is 293 g/mol. The van der Waals surface area contributed by atoms with E-state index in [4.69, 9.17) is 0 Å². The van der Waals surface area contributed by atoms with Crippen LogP contribution in [0.1, 0.15) is 22.4 Å². The zero-order valence-electron chi connectivity index (χ0n) is 12.6. The van der Waals surface area contributed by atoms with E-state index in [1.807, 2.05) is 48.1 Å². The van der Waals surface area contributed by atoms with E-state index >= 15 is 0 Å². The maximum absolute atomic E-state index is 9.55. The molecule has 0 aliphatic carbocycles. The number of aryl methyl sites for hydroxylation is 3. The lowest BCUT2D eigenvalue weighted by molar-refractivity contribution is 0.471. The van der Waals surface area contributed by atoms with Crippen molar-refractivity contribution in [3.05, 3.63) is 77.1 Å². The first-order valence-corrected chi connectivity index (χ1v) is 7.42. The van der Waals surface area contributed by atoms with Crippen LogP contribution >= 0.6 is 0 Å². The molecule has 0 unspecified atom stereocenters. The summed E-state index contributed by atoms with van der Waals surface area (Å²) in [5.41, 5.74) is 4.31. The summed E-state index contributed by atoms with van der Waals surface area (Å²) in [6.45, 7) is 2.65. The Morgan fingerprint density at radius 1 is 1.00 bits per heavy atom. The summed E-state index contributed by atoms with van der Waals surface area (Å²) >= 11 is 0. The molecule has 0 aliphatic heterocycles. The molecule has 0 aliphatic rings. The number of rotatable bonds is 5. The Morgan fingerprint density at radius 2 is 1.82 bits per heavy atom. The average Bonchev–Trinajstić information content (AvgIpc) is 2.97. The number of hydrogen-bond donors (Lipinski definition) is 1. The molecule has 1 N–H and O–H groups in total. The molecule has 0 saturated heterocycles. The summed E-state index contributed by atoms with van der Waals surface area (Å²) < 4.78 is 1.87. The van der Waals surface area contributed by atoms with Crippen LogP contribution in [0.4, 0.5) is 0 Å².